The van der Waals surface area contributed by atoms with E-state index in [4.69, 9.17) is 14.2 Å². The van der Waals surface area contributed by atoms with Crippen LogP contribution in [-0.2, 0) is 28.6 Å². The normalized spacial score (nSPS) is 12.4. The van der Waals surface area contributed by atoms with Crippen molar-refractivity contribution in [1.82, 2.24) is 0 Å². The predicted molar refractivity (Wildman–Crippen MR) is 348 cm³/mol. The van der Waals surface area contributed by atoms with Gasteiger partial charge in [-0.1, -0.05) is 306 Å². The van der Waals surface area contributed by atoms with E-state index in [2.05, 4.69) is 81.5 Å². The molecule has 0 rings (SSSR count). The van der Waals surface area contributed by atoms with Crippen LogP contribution in [0.4, 0.5) is 0 Å². The van der Waals surface area contributed by atoms with Gasteiger partial charge in [0.1, 0.15) is 13.2 Å². The van der Waals surface area contributed by atoms with Crippen LogP contribution in [0.25, 0.3) is 0 Å². The van der Waals surface area contributed by atoms with Crippen molar-refractivity contribution < 1.29 is 28.6 Å². The maximum absolute atomic E-state index is 12.9. The van der Waals surface area contributed by atoms with Crippen molar-refractivity contribution >= 4 is 17.9 Å². The Kier molecular flexibility index (Phi) is 66.1. The zero-order valence-corrected chi connectivity index (χ0v) is 53.6. The molecule has 0 aliphatic heterocycles. The Morgan fingerprint density at radius 3 is 0.738 bits per heavy atom. The lowest BCUT2D eigenvalue weighted by Gasteiger charge is -2.18. The summed E-state index contributed by atoms with van der Waals surface area (Å²) in [6.07, 6.45) is 88.2. The number of esters is 3. The molecule has 0 fully saturated rings. The second-order valence-corrected chi connectivity index (χ2v) is 23.8. The molecule has 0 spiro atoms. The van der Waals surface area contributed by atoms with Crippen LogP contribution in [0.2, 0.25) is 0 Å². The monoisotopic (exact) mass is 1120 g/mol. The summed E-state index contributed by atoms with van der Waals surface area (Å²) in [4.78, 5) is 38.4. The van der Waals surface area contributed by atoms with Gasteiger partial charge in [0, 0.05) is 19.3 Å². The summed E-state index contributed by atoms with van der Waals surface area (Å²) in [5.41, 5.74) is 0. The number of hydrogen-bond acceptors (Lipinski definition) is 6. The van der Waals surface area contributed by atoms with Crippen LogP contribution in [0.1, 0.15) is 374 Å². The summed E-state index contributed by atoms with van der Waals surface area (Å²) in [6.45, 7) is 6.65. The highest BCUT2D eigenvalue weighted by Crippen LogP contribution is 2.17. The molecule has 0 aliphatic rings. The van der Waals surface area contributed by atoms with Gasteiger partial charge < -0.3 is 14.2 Å². The van der Waals surface area contributed by atoms with Crippen molar-refractivity contribution in [3.63, 3.8) is 0 Å². The first-order valence-electron chi connectivity index (χ1n) is 35.3. The molecule has 0 radical (unpaired) electrons. The molecule has 80 heavy (non-hydrogen) atoms. The fraction of sp³-hybridized carbons (Fsp3) is 0.824. The predicted octanol–water partition coefficient (Wildman–Crippen LogP) is 24.3. The van der Waals surface area contributed by atoms with Crippen LogP contribution >= 0.6 is 0 Å². The summed E-state index contributed by atoms with van der Waals surface area (Å²) >= 11 is 0. The molecule has 0 saturated carbocycles. The number of carbonyl (C=O) groups excluding carboxylic acids is 3. The third-order valence-corrected chi connectivity index (χ3v) is 15.7. The standard InChI is InChI=1S/C74H134O6/c1-4-7-10-13-16-19-22-25-27-29-31-33-35-36-37-38-40-41-43-45-47-49-52-55-58-61-64-67-73(76)79-70-71(69-78-72(75)66-63-60-57-54-51-24-21-18-15-12-9-6-3)80-74(77)68-65-62-59-56-53-50-48-46-44-42-39-34-32-30-28-26-23-20-17-14-11-8-5-2/h18,21-22,25,29-32,35-36,71H,4-17,19-20,23-24,26-28,33-34,37-70H2,1-3H3/b21-18-,25-22-,31-29-,32-30-,36-35-. The van der Waals surface area contributed by atoms with E-state index in [1.54, 1.807) is 0 Å². The quantitative estimate of drug-likeness (QED) is 0.0261. The van der Waals surface area contributed by atoms with Gasteiger partial charge in [0.25, 0.3) is 0 Å². The van der Waals surface area contributed by atoms with Crippen LogP contribution in [0.3, 0.4) is 0 Å². The Hall–Kier alpha value is -2.89. The minimum absolute atomic E-state index is 0.0754. The second-order valence-electron chi connectivity index (χ2n) is 23.8. The first kappa shape index (κ1) is 77.1. The zero-order valence-electron chi connectivity index (χ0n) is 53.6. The fourth-order valence-electron chi connectivity index (χ4n) is 10.4. The minimum Gasteiger partial charge on any atom is -0.462 e. The molecule has 0 saturated heterocycles. The highest BCUT2D eigenvalue weighted by molar-refractivity contribution is 5.71. The summed E-state index contributed by atoms with van der Waals surface area (Å²) in [5, 5.41) is 0. The van der Waals surface area contributed by atoms with E-state index in [0.717, 1.165) is 77.0 Å². The van der Waals surface area contributed by atoms with E-state index in [0.29, 0.717) is 19.3 Å². The molecule has 0 heterocycles. The average Bonchev–Trinajstić information content (AvgIpc) is 3.46. The summed E-state index contributed by atoms with van der Waals surface area (Å²) in [6, 6.07) is 0. The molecular formula is C74H134O6. The number of carbonyl (C=O) groups is 3. The largest absolute Gasteiger partial charge is 0.462 e. The van der Waals surface area contributed by atoms with Gasteiger partial charge in [0.05, 0.1) is 0 Å². The molecule has 466 valence electrons. The Morgan fingerprint density at radius 2 is 0.450 bits per heavy atom. The summed E-state index contributed by atoms with van der Waals surface area (Å²) in [5.74, 6) is -0.866. The highest BCUT2D eigenvalue weighted by atomic mass is 16.6. The maximum Gasteiger partial charge on any atom is 0.306 e. The average molecular weight is 1120 g/mol. The smallest absolute Gasteiger partial charge is 0.306 e. The van der Waals surface area contributed by atoms with Gasteiger partial charge in [-0.25, -0.2) is 0 Å². The molecule has 0 aliphatic carbocycles. The lowest BCUT2D eigenvalue weighted by molar-refractivity contribution is -0.167. The minimum atomic E-state index is -0.779. The SMILES string of the molecule is CCCCC/C=C\CCCCCCCC(=O)OCC(COC(=O)CCCCCCCCCCCCCC/C=C\C/C=C\C/C=C\CCCCCCC)OC(=O)CCCCCCCCCCCCC/C=C\CCCCCCCCCC. The summed E-state index contributed by atoms with van der Waals surface area (Å²) < 4.78 is 17.0. The number of ether oxygens (including phenoxy) is 3. The molecule has 0 amide bonds. The maximum atomic E-state index is 12.9. The van der Waals surface area contributed by atoms with Crippen molar-refractivity contribution in [3.8, 4) is 0 Å². The third kappa shape index (κ3) is 65.9. The van der Waals surface area contributed by atoms with Gasteiger partial charge in [-0.2, -0.15) is 0 Å². The lowest BCUT2D eigenvalue weighted by atomic mass is 10.0. The number of allylic oxidation sites excluding steroid dienone is 10. The van der Waals surface area contributed by atoms with Gasteiger partial charge in [-0.3, -0.25) is 14.4 Å². The van der Waals surface area contributed by atoms with Crippen molar-refractivity contribution in [2.45, 2.75) is 380 Å². The zero-order chi connectivity index (χ0) is 57.8. The molecule has 0 N–H and O–H groups in total. The van der Waals surface area contributed by atoms with E-state index < -0.39 is 6.10 Å². The van der Waals surface area contributed by atoms with Crippen molar-refractivity contribution in [2.75, 3.05) is 13.2 Å². The van der Waals surface area contributed by atoms with E-state index >= 15 is 0 Å². The van der Waals surface area contributed by atoms with Crippen molar-refractivity contribution in [2.24, 2.45) is 0 Å². The van der Waals surface area contributed by atoms with Crippen LogP contribution in [-0.4, -0.2) is 37.2 Å². The molecule has 0 bridgehead atoms. The van der Waals surface area contributed by atoms with Gasteiger partial charge in [-0.15, -0.1) is 0 Å². The fourth-order valence-corrected chi connectivity index (χ4v) is 10.4. The first-order valence-corrected chi connectivity index (χ1v) is 35.3. The van der Waals surface area contributed by atoms with Gasteiger partial charge in [0.2, 0.25) is 0 Å². The van der Waals surface area contributed by atoms with Gasteiger partial charge in [-0.05, 0) is 109 Å². The Morgan fingerprint density at radius 1 is 0.250 bits per heavy atom. The van der Waals surface area contributed by atoms with Crippen LogP contribution in [0.5, 0.6) is 0 Å². The molecule has 0 aromatic rings. The number of unbranched alkanes of at least 4 members (excludes halogenated alkanes) is 44. The first-order chi connectivity index (χ1) is 39.5. The van der Waals surface area contributed by atoms with E-state index in [1.165, 1.54) is 257 Å². The Labute approximate surface area is 498 Å². The van der Waals surface area contributed by atoms with Crippen LogP contribution < -0.4 is 0 Å². The van der Waals surface area contributed by atoms with Crippen molar-refractivity contribution in [3.05, 3.63) is 60.8 Å². The number of hydrogen-bond donors (Lipinski definition) is 0. The molecule has 6 heteroatoms. The third-order valence-electron chi connectivity index (χ3n) is 15.7. The number of rotatable bonds is 65. The molecule has 0 aromatic carbocycles. The van der Waals surface area contributed by atoms with Crippen LogP contribution in [0, 0.1) is 0 Å². The molecular weight excluding hydrogens is 985 g/mol. The molecule has 1 unspecified atom stereocenters. The topological polar surface area (TPSA) is 78.9 Å². The van der Waals surface area contributed by atoms with E-state index in [-0.39, 0.29) is 31.1 Å². The molecule has 6 nitrogen and oxygen atoms in total. The Balaban J connectivity index is 4.24. The molecule has 1 atom stereocenters. The van der Waals surface area contributed by atoms with Gasteiger partial charge in [0.15, 0.2) is 6.10 Å². The van der Waals surface area contributed by atoms with E-state index in [1.807, 2.05) is 0 Å². The lowest BCUT2D eigenvalue weighted by Crippen LogP contribution is -2.30. The second kappa shape index (κ2) is 68.6. The highest BCUT2D eigenvalue weighted by Gasteiger charge is 2.19. The molecule has 0 aromatic heterocycles. The Bertz CT molecular complexity index is 1430. The van der Waals surface area contributed by atoms with E-state index in [9.17, 15) is 14.4 Å². The van der Waals surface area contributed by atoms with Crippen molar-refractivity contribution in [1.29, 1.82) is 0 Å². The van der Waals surface area contributed by atoms with Crippen LogP contribution in [0.15, 0.2) is 60.8 Å². The summed E-state index contributed by atoms with van der Waals surface area (Å²) in [7, 11) is 0. The van der Waals surface area contributed by atoms with Gasteiger partial charge >= 0.3 is 17.9 Å².